The first-order valence-corrected chi connectivity index (χ1v) is 4.51. The SMILES string of the molecule is C/C(C=N)=C/C=C/N1CCC(F)(F)C1. The van der Waals surface area contributed by atoms with Crippen molar-refractivity contribution in [3.63, 3.8) is 0 Å². The van der Waals surface area contributed by atoms with Gasteiger partial charge < -0.3 is 10.3 Å². The van der Waals surface area contributed by atoms with E-state index in [2.05, 4.69) is 0 Å². The first-order valence-electron chi connectivity index (χ1n) is 4.51. The summed E-state index contributed by atoms with van der Waals surface area (Å²) in [5.41, 5.74) is 0.798. The molecule has 0 unspecified atom stereocenters. The highest BCUT2D eigenvalue weighted by Crippen LogP contribution is 2.26. The molecule has 4 heteroatoms. The Bertz CT molecular complexity index is 269. The molecule has 78 valence electrons. The van der Waals surface area contributed by atoms with Crippen LogP contribution in [0.1, 0.15) is 13.3 Å². The quantitative estimate of drug-likeness (QED) is 0.549. The van der Waals surface area contributed by atoms with Crippen LogP contribution in [0.5, 0.6) is 0 Å². The predicted octanol–water partition coefficient (Wildman–Crippen LogP) is 2.44. The molecule has 0 radical (unpaired) electrons. The third kappa shape index (κ3) is 3.28. The number of nitrogens with one attached hydrogen (secondary N) is 1. The van der Waals surface area contributed by atoms with Crippen LogP contribution >= 0.6 is 0 Å². The molecule has 0 bridgehead atoms. The average Bonchev–Trinajstić information content (AvgIpc) is 2.45. The Hall–Kier alpha value is -1.19. The normalized spacial score (nSPS) is 21.9. The fourth-order valence-electron chi connectivity index (χ4n) is 1.25. The van der Waals surface area contributed by atoms with Gasteiger partial charge in [0.05, 0.1) is 6.54 Å². The molecule has 2 nitrogen and oxygen atoms in total. The fraction of sp³-hybridized carbons (Fsp3) is 0.500. The van der Waals surface area contributed by atoms with Gasteiger partial charge in [-0.2, -0.15) is 0 Å². The second-order valence-corrected chi connectivity index (χ2v) is 3.47. The molecule has 0 aromatic carbocycles. The van der Waals surface area contributed by atoms with Gasteiger partial charge >= 0.3 is 0 Å². The Morgan fingerprint density at radius 3 is 2.71 bits per heavy atom. The highest BCUT2D eigenvalue weighted by atomic mass is 19.3. The molecule has 14 heavy (non-hydrogen) atoms. The number of hydrogen-bond donors (Lipinski definition) is 1. The van der Waals surface area contributed by atoms with Gasteiger partial charge in [0.15, 0.2) is 0 Å². The van der Waals surface area contributed by atoms with Gasteiger partial charge in [0.25, 0.3) is 5.92 Å². The molecule has 1 saturated heterocycles. The minimum atomic E-state index is -2.54. The van der Waals surface area contributed by atoms with Crippen molar-refractivity contribution >= 4 is 6.21 Å². The van der Waals surface area contributed by atoms with Gasteiger partial charge in [-0.05, 0) is 24.8 Å². The first-order chi connectivity index (χ1) is 6.53. The third-order valence-corrected chi connectivity index (χ3v) is 2.08. The molecule has 0 aromatic heterocycles. The summed E-state index contributed by atoms with van der Waals surface area (Å²) in [6, 6.07) is 0. The van der Waals surface area contributed by atoms with E-state index in [1.54, 1.807) is 30.2 Å². The molecule has 1 N–H and O–H groups in total. The van der Waals surface area contributed by atoms with Crippen LogP contribution < -0.4 is 0 Å². The summed E-state index contributed by atoms with van der Waals surface area (Å²) in [4.78, 5) is 1.59. The van der Waals surface area contributed by atoms with E-state index in [0.717, 1.165) is 5.57 Å². The van der Waals surface area contributed by atoms with Gasteiger partial charge in [-0.15, -0.1) is 0 Å². The molecule has 0 aromatic rings. The predicted molar refractivity (Wildman–Crippen MR) is 52.8 cm³/mol. The van der Waals surface area contributed by atoms with E-state index < -0.39 is 5.92 Å². The molecule has 0 atom stereocenters. The van der Waals surface area contributed by atoms with Gasteiger partial charge in [0.2, 0.25) is 0 Å². The smallest absolute Gasteiger partial charge is 0.266 e. The third-order valence-electron chi connectivity index (χ3n) is 2.08. The second kappa shape index (κ2) is 4.35. The number of allylic oxidation sites excluding steroid dienone is 3. The number of likely N-dealkylation sites (tertiary alicyclic amines) is 1. The molecule has 0 saturated carbocycles. The highest BCUT2D eigenvalue weighted by molar-refractivity contribution is 5.75. The summed E-state index contributed by atoms with van der Waals surface area (Å²) in [5.74, 6) is -2.54. The van der Waals surface area contributed by atoms with Crippen molar-refractivity contribution in [2.24, 2.45) is 0 Å². The van der Waals surface area contributed by atoms with E-state index in [0.29, 0.717) is 6.54 Å². The lowest BCUT2D eigenvalue weighted by molar-refractivity contribution is 0.0161. The van der Waals surface area contributed by atoms with Crippen molar-refractivity contribution in [2.75, 3.05) is 13.1 Å². The number of hydrogen-bond acceptors (Lipinski definition) is 2. The molecule has 0 aliphatic carbocycles. The maximum atomic E-state index is 12.7. The van der Waals surface area contributed by atoms with Gasteiger partial charge in [-0.3, -0.25) is 0 Å². The number of halogens is 2. The summed E-state index contributed by atoms with van der Waals surface area (Å²) in [7, 11) is 0. The van der Waals surface area contributed by atoms with Gasteiger partial charge in [0.1, 0.15) is 0 Å². The molecule has 1 aliphatic heterocycles. The average molecular weight is 200 g/mol. The Balaban J connectivity index is 2.43. The van der Waals surface area contributed by atoms with E-state index in [9.17, 15) is 8.78 Å². The summed E-state index contributed by atoms with van der Waals surface area (Å²) in [6.07, 6.45) is 6.23. The standard InChI is InChI=1S/C10H14F2N2/c1-9(7-13)3-2-5-14-6-4-10(11,12)8-14/h2-3,5,7,13H,4,6,8H2,1H3/b5-2+,9-3-,13-7?. The number of nitrogens with zero attached hydrogens (tertiary/aromatic N) is 1. The van der Waals surface area contributed by atoms with Crippen LogP contribution in [-0.4, -0.2) is 30.1 Å². The van der Waals surface area contributed by atoms with E-state index in [1.165, 1.54) is 6.21 Å². The lowest BCUT2D eigenvalue weighted by atomic mass is 10.3. The van der Waals surface area contributed by atoms with E-state index in [4.69, 9.17) is 5.41 Å². The van der Waals surface area contributed by atoms with Crippen LogP contribution in [0, 0.1) is 5.41 Å². The van der Waals surface area contributed by atoms with Crippen molar-refractivity contribution in [3.05, 3.63) is 23.9 Å². The Morgan fingerprint density at radius 1 is 1.50 bits per heavy atom. The molecule has 0 amide bonds. The van der Waals surface area contributed by atoms with Gasteiger partial charge in [-0.25, -0.2) is 8.78 Å². The zero-order valence-corrected chi connectivity index (χ0v) is 8.13. The molecule has 1 fully saturated rings. The van der Waals surface area contributed by atoms with E-state index >= 15 is 0 Å². The van der Waals surface area contributed by atoms with Crippen LogP contribution in [0.15, 0.2) is 23.9 Å². The lowest BCUT2D eigenvalue weighted by Crippen LogP contribution is -2.20. The maximum Gasteiger partial charge on any atom is 0.266 e. The highest BCUT2D eigenvalue weighted by Gasteiger charge is 2.36. The molecule has 0 spiro atoms. The van der Waals surface area contributed by atoms with Crippen molar-refractivity contribution in [1.29, 1.82) is 5.41 Å². The Morgan fingerprint density at radius 2 is 2.21 bits per heavy atom. The summed E-state index contributed by atoms with van der Waals surface area (Å²) >= 11 is 0. The Labute approximate surface area is 82.4 Å². The van der Waals surface area contributed by atoms with Crippen molar-refractivity contribution in [3.8, 4) is 0 Å². The monoisotopic (exact) mass is 200 g/mol. The minimum absolute atomic E-state index is 0.0649. The lowest BCUT2D eigenvalue weighted by Gasteiger charge is -2.11. The van der Waals surface area contributed by atoms with E-state index in [-0.39, 0.29) is 13.0 Å². The Kier molecular flexibility index (Phi) is 3.38. The fourth-order valence-corrected chi connectivity index (χ4v) is 1.25. The van der Waals surface area contributed by atoms with E-state index in [1.807, 2.05) is 0 Å². The number of rotatable bonds is 3. The first kappa shape index (κ1) is 10.9. The zero-order chi connectivity index (χ0) is 10.6. The zero-order valence-electron chi connectivity index (χ0n) is 8.13. The summed E-state index contributed by atoms with van der Waals surface area (Å²) in [5, 5.41) is 6.90. The molecular weight excluding hydrogens is 186 g/mol. The van der Waals surface area contributed by atoms with Gasteiger partial charge in [0, 0.05) is 19.2 Å². The van der Waals surface area contributed by atoms with Gasteiger partial charge in [-0.1, -0.05) is 6.08 Å². The maximum absolute atomic E-state index is 12.7. The molecular formula is C10H14F2N2. The van der Waals surface area contributed by atoms with Crippen molar-refractivity contribution in [2.45, 2.75) is 19.3 Å². The van der Waals surface area contributed by atoms with Crippen LogP contribution in [0.3, 0.4) is 0 Å². The topological polar surface area (TPSA) is 27.1 Å². The van der Waals surface area contributed by atoms with Crippen molar-refractivity contribution in [1.82, 2.24) is 4.90 Å². The van der Waals surface area contributed by atoms with Crippen molar-refractivity contribution < 1.29 is 8.78 Å². The summed E-state index contributed by atoms with van der Waals surface area (Å²) in [6.45, 7) is 2.00. The molecule has 1 heterocycles. The van der Waals surface area contributed by atoms with Crippen LogP contribution in [-0.2, 0) is 0 Å². The molecule has 1 aliphatic rings. The largest absolute Gasteiger partial charge is 0.371 e. The summed E-state index contributed by atoms with van der Waals surface area (Å²) < 4.78 is 25.4. The number of alkyl halides is 2. The second-order valence-electron chi connectivity index (χ2n) is 3.47. The van der Waals surface area contributed by atoms with Crippen LogP contribution in [0.4, 0.5) is 8.78 Å². The van der Waals surface area contributed by atoms with Crippen LogP contribution in [0.25, 0.3) is 0 Å². The van der Waals surface area contributed by atoms with Crippen LogP contribution in [0.2, 0.25) is 0 Å². The minimum Gasteiger partial charge on any atom is -0.371 e. The molecule has 1 rings (SSSR count).